The normalized spacial score (nSPS) is 10.6. The number of benzene rings is 2. The second-order valence-electron chi connectivity index (χ2n) is 5.04. The van der Waals surface area contributed by atoms with Crippen LogP contribution in [0.15, 0.2) is 52.9 Å². The molecular weight excluding hydrogens is 316 g/mol. The zero-order chi connectivity index (χ0) is 16.9. The smallest absolute Gasteiger partial charge is 0.247 e. The Morgan fingerprint density at radius 1 is 1.04 bits per heavy atom. The molecule has 7 heteroatoms. The zero-order valence-corrected chi connectivity index (χ0v) is 12.5. The predicted molar refractivity (Wildman–Crippen MR) is 83.0 cm³/mol. The van der Waals surface area contributed by atoms with E-state index in [4.69, 9.17) is 4.42 Å². The summed E-state index contributed by atoms with van der Waals surface area (Å²) in [6.07, 6.45) is 0.324. The molecule has 1 aromatic heterocycles. The van der Waals surface area contributed by atoms with Gasteiger partial charge in [-0.15, -0.1) is 10.2 Å². The van der Waals surface area contributed by atoms with Gasteiger partial charge in [-0.25, -0.2) is 8.78 Å². The van der Waals surface area contributed by atoms with Gasteiger partial charge in [-0.2, -0.15) is 0 Å². The maximum Gasteiger partial charge on any atom is 0.247 e. The minimum absolute atomic E-state index is 0.0788. The number of hydrogen-bond acceptors (Lipinski definition) is 4. The molecule has 0 saturated carbocycles. The fourth-order valence-corrected chi connectivity index (χ4v) is 2.07. The molecular formula is C17H13F2N3O2. The number of aromatic nitrogens is 2. The molecule has 0 unspecified atom stereocenters. The van der Waals surface area contributed by atoms with Crippen LogP contribution in [0.25, 0.3) is 11.5 Å². The van der Waals surface area contributed by atoms with E-state index in [9.17, 15) is 13.6 Å². The van der Waals surface area contributed by atoms with Gasteiger partial charge < -0.3 is 9.73 Å². The molecule has 24 heavy (non-hydrogen) atoms. The summed E-state index contributed by atoms with van der Waals surface area (Å²) in [7, 11) is 0. The van der Waals surface area contributed by atoms with Crippen molar-refractivity contribution in [1.29, 1.82) is 0 Å². The summed E-state index contributed by atoms with van der Waals surface area (Å²) < 4.78 is 31.4. The van der Waals surface area contributed by atoms with Gasteiger partial charge in [0.2, 0.25) is 17.7 Å². The molecule has 0 aliphatic carbocycles. The molecule has 0 spiro atoms. The highest BCUT2D eigenvalue weighted by atomic mass is 19.2. The minimum atomic E-state index is -1.02. The Labute approximate surface area is 136 Å². The van der Waals surface area contributed by atoms with Crippen molar-refractivity contribution in [1.82, 2.24) is 10.2 Å². The number of rotatable bonds is 5. The van der Waals surface area contributed by atoms with E-state index in [0.29, 0.717) is 11.8 Å². The van der Waals surface area contributed by atoms with E-state index in [2.05, 4.69) is 15.5 Å². The van der Waals surface area contributed by atoms with Gasteiger partial charge in [0.05, 0.1) is 0 Å². The summed E-state index contributed by atoms with van der Waals surface area (Å²) in [5.74, 6) is -1.63. The van der Waals surface area contributed by atoms with E-state index in [1.165, 1.54) is 6.07 Å². The molecule has 2 aromatic carbocycles. The number of nitrogens with zero attached hydrogens (tertiary/aromatic N) is 2. The van der Waals surface area contributed by atoms with Crippen molar-refractivity contribution in [3.63, 3.8) is 0 Å². The minimum Gasteiger partial charge on any atom is -0.421 e. The van der Waals surface area contributed by atoms with Crippen LogP contribution in [0.1, 0.15) is 12.3 Å². The van der Waals surface area contributed by atoms with Crippen LogP contribution in [0, 0.1) is 11.6 Å². The van der Waals surface area contributed by atoms with Crippen molar-refractivity contribution < 1.29 is 18.0 Å². The molecule has 5 nitrogen and oxygen atoms in total. The van der Waals surface area contributed by atoms with Crippen molar-refractivity contribution in [2.75, 3.05) is 5.32 Å². The maximum absolute atomic E-state index is 13.1. The van der Waals surface area contributed by atoms with Crippen LogP contribution >= 0.6 is 0 Å². The van der Waals surface area contributed by atoms with E-state index < -0.39 is 11.6 Å². The molecule has 0 bridgehead atoms. The number of halogens is 2. The van der Waals surface area contributed by atoms with Gasteiger partial charge in [0, 0.05) is 30.2 Å². The SMILES string of the molecule is O=C(CCc1nnc(-c2ccccc2)o1)Nc1ccc(F)c(F)c1. The van der Waals surface area contributed by atoms with Crippen LogP contribution in [0.5, 0.6) is 0 Å². The van der Waals surface area contributed by atoms with Crippen LogP contribution in [-0.4, -0.2) is 16.1 Å². The molecule has 1 amide bonds. The lowest BCUT2D eigenvalue weighted by atomic mass is 10.2. The van der Waals surface area contributed by atoms with Gasteiger partial charge in [-0.3, -0.25) is 4.79 Å². The van der Waals surface area contributed by atoms with E-state index in [1.54, 1.807) is 0 Å². The highest BCUT2D eigenvalue weighted by Gasteiger charge is 2.11. The molecule has 1 N–H and O–H groups in total. The predicted octanol–water partition coefficient (Wildman–Crippen LogP) is 3.59. The maximum atomic E-state index is 13.1. The van der Waals surface area contributed by atoms with Gasteiger partial charge >= 0.3 is 0 Å². The first kappa shape index (κ1) is 15.8. The van der Waals surface area contributed by atoms with E-state index in [-0.39, 0.29) is 24.4 Å². The van der Waals surface area contributed by atoms with Crippen molar-refractivity contribution >= 4 is 11.6 Å². The van der Waals surface area contributed by atoms with Gasteiger partial charge in [-0.05, 0) is 24.3 Å². The zero-order valence-electron chi connectivity index (χ0n) is 12.5. The molecule has 122 valence electrons. The average Bonchev–Trinajstić information content (AvgIpc) is 3.06. The van der Waals surface area contributed by atoms with Crippen LogP contribution < -0.4 is 5.32 Å². The number of carbonyl (C=O) groups excluding carboxylic acids is 1. The first-order chi connectivity index (χ1) is 11.6. The molecule has 0 radical (unpaired) electrons. The van der Waals surface area contributed by atoms with Crippen molar-refractivity contribution in [3.8, 4) is 11.5 Å². The average molecular weight is 329 g/mol. The Balaban J connectivity index is 1.56. The Morgan fingerprint density at radius 3 is 2.58 bits per heavy atom. The number of anilines is 1. The summed E-state index contributed by atoms with van der Waals surface area (Å²) in [6.45, 7) is 0. The number of nitrogens with one attached hydrogen (secondary N) is 1. The Hall–Kier alpha value is -3.09. The first-order valence-electron chi connectivity index (χ1n) is 7.24. The molecule has 0 fully saturated rings. The Bertz CT molecular complexity index is 850. The molecule has 0 aliphatic rings. The highest BCUT2D eigenvalue weighted by molar-refractivity contribution is 5.90. The van der Waals surface area contributed by atoms with E-state index in [0.717, 1.165) is 17.7 Å². The third-order valence-electron chi connectivity index (χ3n) is 3.26. The number of hydrogen-bond donors (Lipinski definition) is 1. The Morgan fingerprint density at radius 2 is 1.83 bits per heavy atom. The second-order valence-corrected chi connectivity index (χ2v) is 5.04. The number of carbonyl (C=O) groups is 1. The third-order valence-corrected chi connectivity index (χ3v) is 3.26. The summed E-state index contributed by atoms with van der Waals surface area (Å²) in [5, 5.41) is 10.3. The van der Waals surface area contributed by atoms with Crippen LogP contribution in [0.3, 0.4) is 0 Å². The molecule has 0 atom stereocenters. The number of aryl methyl sites for hydroxylation is 1. The van der Waals surface area contributed by atoms with Crippen molar-refractivity contribution in [2.24, 2.45) is 0 Å². The topological polar surface area (TPSA) is 68.0 Å². The van der Waals surface area contributed by atoms with Crippen LogP contribution in [0.2, 0.25) is 0 Å². The summed E-state index contributed by atoms with van der Waals surface area (Å²) >= 11 is 0. The standard InChI is InChI=1S/C17H13F2N3O2/c18-13-7-6-12(10-14(13)19)20-15(23)8-9-16-21-22-17(24-16)11-4-2-1-3-5-11/h1-7,10H,8-9H2,(H,20,23). The first-order valence-corrected chi connectivity index (χ1v) is 7.24. The van der Waals surface area contributed by atoms with E-state index >= 15 is 0 Å². The second kappa shape index (κ2) is 6.99. The van der Waals surface area contributed by atoms with E-state index in [1.807, 2.05) is 30.3 Å². The quantitative estimate of drug-likeness (QED) is 0.777. The van der Waals surface area contributed by atoms with Gasteiger partial charge in [0.15, 0.2) is 11.6 Å². The van der Waals surface area contributed by atoms with Gasteiger partial charge in [0.25, 0.3) is 0 Å². The lowest BCUT2D eigenvalue weighted by Crippen LogP contribution is -2.12. The monoisotopic (exact) mass is 329 g/mol. The molecule has 0 saturated heterocycles. The molecule has 3 aromatic rings. The summed E-state index contributed by atoms with van der Waals surface area (Å²) in [4.78, 5) is 11.8. The molecule has 3 rings (SSSR count). The largest absolute Gasteiger partial charge is 0.421 e. The van der Waals surface area contributed by atoms with Crippen molar-refractivity contribution in [2.45, 2.75) is 12.8 Å². The summed E-state index contributed by atoms with van der Waals surface area (Å²) in [5.41, 5.74) is 0.983. The fraction of sp³-hybridized carbons (Fsp3) is 0.118. The lowest BCUT2D eigenvalue weighted by Gasteiger charge is -2.04. The van der Waals surface area contributed by atoms with Gasteiger partial charge in [-0.1, -0.05) is 18.2 Å². The summed E-state index contributed by atoms with van der Waals surface area (Å²) in [6, 6.07) is 12.4. The Kier molecular flexibility index (Phi) is 4.60. The van der Waals surface area contributed by atoms with Crippen LogP contribution in [0.4, 0.5) is 14.5 Å². The molecule has 1 heterocycles. The van der Waals surface area contributed by atoms with Crippen molar-refractivity contribution in [3.05, 3.63) is 66.1 Å². The van der Waals surface area contributed by atoms with Crippen LogP contribution in [-0.2, 0) is 11.2 Å². The third kappa shape index (κ3) is 3.81. The number of amides is 1. The molecule has 0 aliphatic heterocycles. The fourth-order valence-electron chi connectivity index (χ4n) is 2.07. The van der Waals surface area contributed by atoms with Gasteiger partial charge in [0.1, 0.15) is 0 Å². The highest BCUT2D eigenvalue weighted by Crippen LogP contribution is 2.18. The lowest BCUT2D eigenvalue weighted by molar-refractivity contribution is -0.116.